The summed E-state index contributed by atoms with van der Waals surface area (Å²) in [6, 6.07) is 7.55. The van der Waals surface area contributed by atoms with Gasteiger partial charge >= 0.3 is 0 Å². The molecule has 0 spiro atoms. The van der Waals surface area contributed by atoms with E-state index in [1.54, 1.807) is 16.8 Å². The fourth-order valence-electron chi connectivity index (χ4n) is 5.18. The molecule has 5 heterocycles. The van der Waals surface area contributed by atoms with Crippen LogP contribution in [0.2, 0.25) is 0 Å². The van der Waals surface area contributed by atoms with Gasteiger partial charge < -0.3 is 10.2 Å². The molecule has 1 aliphatic heterocycles. The van der Waals surface area contributed by atoms with Crippen LogP contribution in [0.4, 0.5) is 10.2 Å². The lowest BCUT2D eigenvalue weighted by molar-refractivity contribution is -0.117. The van der Waals surface area contributed by atoms with Crippen molar-refractivity contribution < 1.29 is 9.18 Å². The van der Waals surface area contributed by atoms with Crippen LogP contribution in [-0.4, -0.2) is 73.3 Å². The molecule has 0 bridgehead atoms. The van der Waals surface area contributed by atoms with Crippen molar-refractivity contribution >= 4 is 17.2 Å². The minimum atomic E-state index is -0.385. The van der Waals surface area contributed by atoms with E-state index in [0.717, 1.165) is 61.7 Å². The second-order valence-electron chi connectivity index (χ2n) is 10.4. The van der Waals surface area contributed by atoms with Gasteiger partial charge in [-0.25, -0.2) is 8.91 Å². The number of carbonyl (C=O) groups excluding carboxylic acids is 1. The molecule has 6 rings (SSSR count). The van der Waals surface area contributed by atoms with Crippen molar-refractivity contribution in [1.82, 2.24) is 34.2 Å². The number of amides is 1. The molecule has 1 saturated carbocycles. The highest BCUT2D eigenvalue weighted by Crippen LogP contribution is 2.47. The van der Waals surface area contributed by atoms with Crippen molar-refractivity contribution in [1.29, 1.82) is 0 Å². The molecule has 37 heavy (non-hydrogen) atoms. The number of likely N-dealkylation sites (N-methyl/N-ethyl adjacent to an activating group) is 1. The summed E-state index contributed by atoms with van der Waals surface area (Å²) in [5.74, 6) is -0.0575. The lowest BCUT2D eigenvalue weighted by atomic mass is 10.1. The molecular formula is C27H31FN8O. The first kappa shape index (κ1) is 23.7. The summed E-state index contributed by atoms with van der Waals surface area (Å²) in [7, 11) is 3.97. The van der Waals surface area contributed by atoms with Crippen LogP contribution in [0, 0.1) is 18.7 Å². The van der Waals surface area contributed by atoms with Gasteiger partial charge in [0.1, 0.15) is 0 Å². The Morgan fingerprint density at radius 1 is 1.14 bits per heavy atom. The lowest BCUT2D eigenvalue weighted by Crippen LogP contribution is -2.43. The van der Waals surface area contributed by atoms with E-state index in [-0.39, 0.29) is 23.6 Å². The van der Waals surface area contributed by atoms with Crippen molar-refractivity contribution in [3.8, 4) is 11.3 Å². The number of hydrogen-bond donors (Lipinski definition) is 1. The Hall–Kier alpha value is -3.63. The zero-order valence-electron chi connectivity index (χ0n) is 21.4. The van der Waals surface area contributed by atoms with Crippen LogP contribution < -0.4 is 5.32 Å². The van der Waals surface area contributed by atoms with E-state index < -0.39 is 0 Å². The summed E-state index contributed by atoms with van der Waals surface area (Å²) in [5, 5.41) is 11.7. The maximum atomic E-state index is 15.3. The number of halogens is 1. The minimum absolute atomic E-state index is 0.0856. The second kappa shape index (κ2) is 9.35. The van der Waals surface area contributed by atoms with E-state index in [1.165, 1.54) is 10.7 Å². The number of piperazine rings is 1. The number of aryl methyl sites for hydroxylation is 2. The molecular weight excluding hydrogens is 471 g/mol. The van der Waals surface area contributed by atoms with E-state index >= 15 is 4.39 Å². The Morgan fingerprint density at radius 2 is 1.95 bits per heavy atom. The van der Waals surface area contributed by atoms with Gasteiger partial charge in [-0.05, 0) is 38.1 Å². The fourth-order valence-corrected chi connectivity index (χ4v) is 5.18. The van der Waals surface area contributed by atoms with Crippen molar-refractivity contribution in [2.45, 2.75) is 25.8 Å². The molecule has 0 aromatic carbocycles. The van der Waals surface area contributed by atoms with Gasteiger partial charge in [0.15, 0.2) is 11.6 Å². The lowest BCUT2D eigenvalue weighted by Gasteiger charge is -2.32. The molecule has 0 unspecified atom stereocenters. The van der Waals surface area contributed by atoms with Crippen LogP contribution in [0.1, 0.15) is 29.2 Å². The Morgan fingerprint density at radius 3 is 2.70 bits per heavy atom. The summed E-state index contributed by atoms with van der Waals surface area (Å²) in [6.45, 7) is 6.70. The third-order valence-corrected chi connectivity index (χ3v) is 7.50. The van der Waals surface area contributed by atoms with Gasteiger partial charge in [0.2, 0.25) is 5.91 Å². The van der Waals surface area contributed by atoms with Crippen molar-refractivity contribution in [2.24, 2.45) is 13.0 Å². The Labute approximate surface area is 214 Å². The fraction of sp³-hybridized carbons (Fsp3) is 0.407. The molecule has 192 valence electrons. The number of aromatic nitrogens is 5. The number of nitrogens with zero attached hydrogens (tertiary/aromatic N) is 7. The molecule has 1 amide bonds. The molecule has 10 heteroatoms. The largest absolute Gasteiger partial charge is 0.309 e. The van der Waals surface area contributed by atoms with Crippen LogP contribution in [0.3, 0.4) is 0 Å². The average molecular weight is 503 g/mol. The van der Waals surface area contributed by atoms with Crippen molar-refractivity contribution in [2.75, 3.05) is 38.5 Å². The van der Waals surface area contributed by atoms with Gasteiger partial charge in [-0.15, -0.1) is 5.10 Å². The summed E-state index contributed by atoms with van der Waals surface area (Å²) < 4.78 is 18.5. The second-order valence-corrected chi connectivity index (χ2v) is 10.4. The molecule has 2 aliphatic rings. The van der Waals surface area contributed by atoms with Crippen LogP contribution >= 0.6 is 0 Å². The van der Waals surface area contributed by atoms with E-state index in [0.29, 0.717) is 16.9 Å². The smallest absolute Gasteiger partial charge is 0.229 e. The summed E-state index contributed by atoms with van der Waals surface area (Å²) >= 11 is 0. The minimum Gasteiger partial charge on any atom is -0.309 e. The number of fused-ring (bicyclic) bond motifs is 1. The number of anilines is 1. The molecule has 9 nitrogen and oxygen atoms in total. The van der Waals surface area contributed by atoms with Crippen LogP contribution in [0.15, 0.2) is 42.9 Å². The predicted molar refractivity (Wildman–Crippen MR) is 139 cm³/mol. The molecule has 1 saturated heterocycles. The number of carbonyl (C=O) groups is 1. The summed E-state index contributed by atoms with van der Waals surface area (Å²) in [4.78, 5) is 22.0. The zero-order chi connectivity index (χ0) is 25.7. The molecule has 4 aromatic rings. The number of pyridine rings is 2. The highest BCUT2D eigenvalue weighted by molar-refractivity contribution is 5.95. The Kier molecular flexibility index (Phi) is 6.00. The first-order valence-corrected chi connectivity index (χ1v) is 12.7. The number of hydrogen-bond acceptors (Lipinski definition) is 6. The molecule has 4 aromatic heterocycles. The molecule has 2 atom stereocenters. The summed E-state index contributed by atoms with van der Waals surface area (Å²) in [6.07, 6.45) is 5.79. The highest BCUT2D eigenvalue weighted by atomic mass is 19.1. The zero-order valence-corrected chi connectivity index (χ0v) is 21.4. The Balaban J connectivity index is 1.20. The Bertz CT molecular complexity index is 1450. The first-order valence-electron chi connectivity index (χ1n) is 12.7. The standard InChI is InChI=1S/C27H31FN8O/c1-17-4-5-24(29-13-17)20-12-21(20)27(37)31-25-11-19-10-22(23(28)16-36(19)32-25)26-18(14-30-34(26)3)15-35-8-6-33(2)7-9-35/h4-5,10-11,13-14,16,20-21H,6-9,12,15H2,1-3H3,(H,31,32,37)/t20-,21+/m1/s1. The molecule has 1 aliphatic carbocycles. The molecule has 2 fully saturated rings. The quantitative estimate of drug-likeness (QED) is 0.436. The van der Waals surface area contributed by atoms with E-state index in [4.69, 9.17) is 0 Å². The van der Waals surface area contributed by atoms with Crippen LogP contribution in [-0.2, 0) is 18.4 Å². The topological polar surface area (TPSA) is 83.6 Å². The third-order valence-electron chi connectivity index (χ3n) is 7.50. The van der Waals surface area contributed by atoms with E-state index in [9.17, 15) is 4.79 Å². The van der Waals surface area contributed by atoms with Gasteiger partial charge in [0, 0.05) is 80.7 Å². The van der Waals surface area contributed by atoms with Gasteiger partial charge in [-0.1, -0.05) is 6.07 Å². The average Bonchev–Trinajstić information content (AvgIpc) is 3.47. The van der Waals surface area contributed by atoms with Crippen molar-refractivity contribution in [3.63, 3.8) is 0 Å². The number of rotatable bonds is 6. The highest BCUT2D eigenvalue weighted by Gasteiger charge is 2.45. The monoisotopic (exact) mass is 502 g/mol. The van der Waals surface area contributed by atoms with Gasteiger partial charge in [0.25, 0.3) is 0 Å². The molecule has 1 N–H and O–H groups in total. The third kappa shape index (κ3) is 4.74. The number of nitrogens with one attached hydrogen (secondary N) is 1. The van der Waals surface area contributed by atoms with Crippen LogP contribution in [0.25, 0.3) is 16.8 Å². The first-order chi connectivity index (χ1) is 17.9. The molecule has 0 radical (unpaired) electrons. The maximum absolute atomic E-state index is 15.3. The van der Waals surface area contributed by atoms with E-state index in [1.807, 2.05) is 38.5 Å². The van der Waals surface area contributed by atoms with Gasteiger partial charge in [0.05, 0.1) is 23.6 Å². The maximum Gasteiger partial charge on any atom is 0.229 e. The van der Waals surface area contributed by atoms with E-state index in [2.05, 4.69) is 37.3 Å². The van der Waals surface area contributed by atoms with Crippen LogP contribution in [0.5, 0.6) is 0 Å². The van der Waals surface area contributed by atoms with Crippen molar-refractivity contribution in [3.05, 3.63) is 65.5 Å². The van der Waals surface area contributed by atoms with Gasteiger partial charge in [-0.2, -0.15) is 5.10 Å². The predicted octanol–water partition coefficient (Wildman–Crippen LogP) is 3.07. The van der Waals surface area contributed by atoms with Gasteiger partial charge in [-0.3, -0.25) is 19.4 Å². The summed E-state index contributed by atoms with van der Waals surface area (Å²) in [5.41, 5.74) is 4.97. The SMILES string of the molecule is Cc1ccc([C@@H]2C[C@@H]2C(=O)Nc2cc3cc(-c4c(CN5CCN(C)CC5)cnn4C)c(F)cn3n2)nc1. The normalized spacial score (nSPS) is 20.4.